The zero-order valence-electron chi connectivity index (χ0n) is 9.17. The quantitative estimate of drug-likeness (QED) is 0.710. The molecule has 0 aliphatic rings. The molecule has 0 bridgehead atoms. The molecule has 1 aromatic carbocycles. The standard InChI is InChI=1S/C11H12N2O4/c1-17-10-4-9(14)6(5-12)2-7(10)8(13)3-11(15)16/h2,4,8,14H,3,13H2,1H3,(H,15,16). The number of ether oxygens (including phenoxy) is 1. The van der Waals surface area contributed by atoms with Crippen molar-refractivity contribution in [3.63, 3.8) is 0 Å². The van der Waals surface area contributed by atoms with Gasteiger partial charge in [0.1, 0.15) is 17.6 Å². The van der Waals surface area contributed by atoms with E-state index in [0.29, 0.717) is 5.56 Å². The molecule has 90 valence electrons. The molecular formula is C11H12N2O4. The van der Waals surface area contributed by atoms with E-state index < -0.39 is 12.0 Å². The lowest BCUT2D eigenvalue weighted by Gasteiger charge is -2.14. The second kappa shape index (κ2) is 5.18. The maximum atomic E-state index is 10.6. The van der Waals surface area contributed by atoms with Crippen LogP contribution < -0.4 is 10.5 Å². The van der Waals surface area contributed by atoms with Crippen molar-refractivity contribution >= 4 is 5.97 Å². The van der Waals surface area contributed by atoms with Crippen molar-refractivity contribution in [1.29, 1.82) is 5.26 Å². The maximum Gasteiger partial charge on any atom is 0.305 e. The normalized spacial score (nSPS) is 11.6. The molecule has 0 fully saturated rings. The molecule has 0 aliphatic heterocycles. The average Bonchev–Trinajstić information content (AvgIpc) is 2.27. The molecule has 0 amide bonds. The Kier molecular flexibility index (Phi) is 3.91. The molecule has 1 aromatic rings. The van der Waals surface area contributed by atoms with E-state index in [1.165, 1.54) is 19.2 Å². The highest BCUT2D eigenvalue weighted by Gasteiger charge is 2.18. The fourth-order valence-electron chi connectivity index (χ4n) is 1.44. The number of carboxylic acids is 1. The van der Waals surface area contributed by atoms with Crippen LogP contribution in [0.5, 0.6) is 11.5 Å². The van der Waals surface area contributed by atoms with E-state index in [9.17, 15) is 9.90 Å². The van der Waals surface area contributed by atoms with Gasteiger partial charge in [0, 0.05) is 17.7 Å². The summed E-state index contributed by atoms with van der Waals surface area (Å²) in [5.41, 5.74) is 6.10. The predicted octanol–water partition coefficient (Wildman–Crippen LogP) is 0.747. The minimum Gasteiger partial charge on any atom is -0.506 e. The monoisotopic (exact) mass is 236 g/mol. The number of nitriles is 1. The van der Waals surface area contributed by atoms with Crippen LogP contribution in [-0.2, 0) is 4.79 Å². The van der Waals surface area contributed by atoms with Gasteiger partial charge in [0.05, 0.1) is 19.1 Å². The molecule has 0 heterocycles. The summed E-state index contributed by atoms with van der Waals surface area (Å²) in [5.74, 6) is -1.02. The second-order valence-electron chi connectivity index (χ2n) is 3.43. The topological polar surface area (TPSA) is 117 Å². The van der Waals surface area contributed by atoms with Crippen molar-refractivity contribution in [3.05, 3.63) is 23.3 Å². The first-order valence-corrected chi connectivity index (χ1v) is 4.78. The highest BCUT2D eigenvalue weighted by atomic mass is 16.5. The highest BCUT2D eigenvalue weighted by Crippen LogP contribution is 2.32. The van der Waals surface area contributed by atoms with Gasteiger partial charge in [-0.2, -0.15) is 5.26 Å². The number of nitrogens with zero attached hydrogens (tertiary/aromatic N) is 1. The fourth-order valence-corrected chi connectivity index (χ4v) is 1.44. The predicted molar refractivity (Wildman–Crippen MR) is 58.6 cm³/mol. The molecule has 0 radical (unpaired) electrons. The van der Waals surface area contributed by atoms with Gasteiger partial charge in [-0.05, 0) is 6.07 Å². The second-order valence-corrected chi connectivity index (χ2v) is 3.43. The van der Waals surface area contributed by atoms with Crippen LogP contribution in [0.15, 0.2) is 12.1 Å². The summed E-state index contributed by atoms with van der Waals surface area (Å²) in [5, 5.41) is 26.9. The van der Waals surface area contributed by atoms with E-state index in [1.54, 1.807) is 6.07 Å². The smallest absolute Gasteiger partial charge is 0.305 e. The molecule has 1 atom stereocenters. The molecule has 17 heavy (non-hydrogen) atoms. The van der Waals surface area contributed by atoms with Gasteiger partial charge in [-0.3, -0.25) is 4.79 Å². The van der Waals surface area contributed by atoms with E-state index in [2.05, 4.69) is 0 Å². The van der Waals surface area contributed by atoms with Crippen molar-refractivity contribution in [3.8, 4) is 17.6 Å². The number of carboxylic acid groups (broad SMARTS) is 1. The molecule has 6 heteroatoms. The number of nitrogens with two attached hydrogens (primary N) is 1. The number of phenolic OH excluding ortho intramolecular Hbond substituents is 1. The lowest BCUT2D eigenvalue weighted by Crippen LogP contribution is -2.16. The minimum absolute atomic E-state index is 0.0293. The summed E-state index contributed by atoms with van der Waals surface area (Å²) in [6.45, 7) is 0. The molecule has 1 unspecified atom stereocenters. The largest absolute Gasteiger partial charge is 0.506 e. The Morgan fingerprint density at radius 1 is 1.65 bits per heavy atom. The Hall–Kier alpha value is -2.26. The van der Waals surface area contributed by atoms with Crippen LogP contribution in [0, 0.1) is 11.3 Å². The number of hydrogen-bond donors (Lipinski definition) is 3. The molecule has 0 spiro atoms. The van der Waals surface area contributed by atoms with Crippen LogP contribution in [-0.4, -0.2) is 23.3 Å². The summed E-state index contributed by atoms with van der Waals surface area (Å²) >= 11 is 0. The van der Waals surface area contributed by atoms with Crippen molar-refractivity contribution in [1.82, 2.24) is 0 Å². The Morgan fingerprint density at radius 2 is 2.29 bits per heavy atom. The zero-order chi connectivity index (χ0) is 13.0. The van der Waals surface area contributed by atoms with Crippen LogP contribution in [0.4, 0.5) is 0 Å². The van der Waals surface area contributed by atoms with Crippen molar-refractivity contribution in [2.45, 2.75) is 12.5 Å². The molecule has 1 rings (SSSR count). The molecule has 0 saturated heterocycles. The van der Waals surface area contributed by atoms with Crippen LogP contribution in [0.3, 0.4) is 0 Å². The van der Waals surface area contributed by atoms with Gasteiger partial charge in [-0.15, -0.1) is 0 Å². The number of methoxy groups -OCH3 is 1. The summed E-state index contributed by atoms with van der Waals surface area (Å²) in [4.78, 5) is 10.6. The Labute approximate surface area is 97.9 Å². The molecule has 6 nitrogen and oxygen atoms in total. The van der Waals surface area contributed by atoms with Gasteiger partial charge >= 0.3 is 5.97 Å². The van der Waals surface area contributed by atoms with Gasteiger partial charge in [0.15, 0.2) is 0 Å². The number of aliphatic carboxylic acids is 1. The number of hydrogen-bond acceptors (Lipinski definition) is 5. The zero-order valence-corrected chi connectivity index (χ0v) is 9.17. The van der Waals surface area contributed by atoms with Gasteiger partial charge in [-0.1, -0.05) is 0 Å². The van der Waals surface area contributed by atoms with E-state index in [-0.39, 0.29) is 23.5 Å². The Morgan fingerprint density at radius 3 is 2.76 bits per heavy atom. The van der Waals surface area contributed by atoms with Crippen molar-refractivity contribution in [2.24, 2.45) is 5.73 Å². The Bertz CT molecular complexity index is 479. The molecule has 0 saturated carbocycles. The van der Waals surface area contributed by atoms with E-state index in [4.69, 9.17) is 20.8 Å². The third-order valence-electron chi connectivity index (χ3n) is 2.26. The van der Waals surface area contributed by atoms with Crippen molar-refractivity contribution < 1.29 is 19.7 Å². The van der Waals surface area contributed by atoms with Crippen LogP contribution in [0.25, 0.3) is 0 Å². The van der Waals surface area contributed by atoms with Crippen molar-refractivity contribution in [2.75, 3.05) is 7.11 Å². The molecule has 0 aromatic heterocycles. The van der Waals surface area contributed by atoms with E-state index in [1.807, 2.05) is 0 Å². The summed E-state index contributed by atoms with van der Waals surface area (Å²) < 4.78 is 4.99. The molecule has 0 aliphatic carbocycles. The number of aromatic hydroxyl groups is 1. The first-order chi connectivity index (χ1) is 7.99. The number of phenols is 1. The maximum absolute atomic E-state index is 10.6. The molecule has 4 N–H and O–H groups in total. The van der Waals surface area contributed by atoms with Crippen LogP contribution in [0.2, 0.25) is 0 Å². The lowest BCUT2D eigenvalue weighted by atomic mass is 10.0. The van der Waals surface area contributed by atoms with Crippen LogP contribution in [0.1, 0.15) is 23.6 Å². The molecular weight excluding hydrogens is 224 g/mol. The highest BCUT2D eigenvalue weighted by molar-refractivity contribution is 5.68. The third-order valence-corrected chi connectivity index (χ3v) is 2.26. The summed E-state index contributed by atoms with van der Waals surface area (Å²) in [7, 11) is 1.37. The van der Waals surface area contributed by atoms with Gasteiger partial charge in [-0.25, -0.2) is 0 Å². The summed E-state index contributed by atoms with van der Waals surface area (Å²) in [6, 6.07) is 3.57. The first kappa shape index (κ1) is 12.8. The lowest BCUT2D eigenvalue weighted by molar-refractivity contribution is -0.137. The van der Waals surface area contributed by atoms with Gasteiger partial charge in [0.25, 0.3) is 0 Å². The Balaban J connectivity index is 3.21. The van der Waals surface area contributed by atoms with E-state index >= 15 is 0 Å². The minimum atomic E-state index is -1.05. The van der Waals surface area contributed by atoms with Crippen LogP contribution >= 0.6 is 0 Å². The summed E-state index contributed by atoms with van der Waals surface area (Å²) in [6.07, 6.45) is -0.286. The third kappa shape index (κ3) is 2.86. The first-order valence-electron chi connectivity index (χ1n) is 4.78. The number of carbonyl (C=O) groups is 1. The fraction of sp³-hybridized carbons (Fsp3) is 0.273. The SMILES string of the molecule is COc1cc(O)c(C#N)cc1C(N)CC(=O)O. The number of rotatable bonds is 4. The number of benzene rings is 1. The average molecular weight is 236 g/mol. The van der Waals surface area contributed by atoms with Gasteiger partial charge in [0.2, 0.25) is 0 Å². The van der Waals surface area contributed by atoms with Gasteiger partial charge < -0.3 is 20.7 Å². The van der Waals surface area contributed by atoms with E-state index in [0.717, 1.165) is 0 Å².